The normalized spacial score (nSPS) is 14.4. The number of hydrogen-bond acceptors (Lipinski definition) is 7. The Hall–Kier alpha value is -4.49. The van der Waals surface area contributed by atoms with Gasteiger partial charge in [-0.3, -0.25) is 19.4 Å². The quantitative estimate of drug-likeness (QED) is 0.0685. The largest absolute Gasteiger partial charge is 0.480 e. The first-order chi connectivity index (χ1) is 19.5. The van der Waals surface area contributed by atoms with Gasteiger partial charge >= 0.3 is 5.97 Å². The molecule has 0 fully saturated rings. The van der Waals surface area contributed by atoms with Crippen LogP contribution in [0.3, 0.4) is 0 Å². The highest BCUT2D eigenvalue weighted by Crippen LogP contribution is 2.08. The number of nitrogens with one attached hydrogen (secondary N) is 3. The molecule has 0 aliphatic carbocycles. The van der Waals surface area contributed by atoms with Crippen molar-refractivity contribution in [2.75, 3.05) is 6.54 Å². The van der Waals surface area contributed by atoms with Gasteiger partial charge in [-0.05, 0) is 30.9 Å². The molecule has 0 heterocycles. The Balaban J connectivity index is 2.25. The molecule has 0 aromatic heterocycles. The van der Waals surface area contributed by atoms with E-state index in [1.54, 1.807) is 54.6 Å². The molecule has 2 rings (SSSR count). The fraction of sp³-hybridized carbons (Fsp3) is 0.393. The van der Waals surface area contributed by atoms with Gasteiger partial charge in [0.25, 0.3) is 0 Å². The summed E-state index contributed by atoms with van der Waals surface area (Å²) in [5, 5.41) is 26.9. The Labute approximate surface area is 238 Å². The number of nitrogens with zero attached hydrogens (tertiary/aromatic N) is 1. The fourth-order valence-corrected chi connectivity index (χ4v) is 3.96. The summed E-state index contributed by atoms with van der Waals surface area (Å²) in [5.74, 6) is -3.55. The van der Waals surface area contributed by atoms with Crippen LogP contribution in [-0.4, -0.2) is 76.7 Å². The topological polar surface area (TPSA) is 235 Å². The number of benzene rings is 2. The number of guanidine groups is 1. The van der Waals surface area contributed by atoms with Crippen LogP contribution in [0.2, 0.25) is 0 Å². The van der Waals surface area contributed by atoms with Gasteiger partial charge in [-0.15, -0.1) is 0 Å². The summed E-state index contributed by atoms with van der Waals surface area (Å²) < 4.78 is 0. The van der Waals surface area contributed by atoms with E-state index in [1.165, 1.54) is 6.92 Å². The number of carbonyl (C=O) groups excluding carboxylic acids is 3. The fourth-order valence-electron chi connectivity index (χ4n) is 3.96. The molecule has 2 aromatic rings. The molecule has 0 spiro atoms. The van der Waals surface area contributed by atoms with E-state index >= 15 is 0 Å². The zero-order chi connectivity index (χ0) is 30.4. The van der Waals surface area contributed by atoms with E-state index in [0.717, 1.165) is 5.56 Å². The predicted octanol–water partition coefficient (Wildman–Crippen LogP) is -1.23. The van der Waals surface area contributed by atoms with Crippen LogP contribution in [0.5, 0.6) is 0 Å². The number of carboxylic acids is 1. The molecule has 2 aromatic carbocycles. The molecular formula is C28H39N7O6. The number of aliphatic carboxylic acids is 1. The van der Waals surface area contributed by atoms with Gasteiger partial charge in [-0.2, -0.15) is 0 Å². The molecule has 13 nitrogen and oxygen atoms in total. The van der Waals surface area contributed by atoms with Gasteiger partial charge in [0.2, 0.25) is 17.7 Å². The third kappa shape index (κ3) is 11.6. The van der Waals surface area contributed by atoms with Gasteiger partial charge in [0.15, 0.2) is 12.0 Å². The lowest BCUT2D eigenvalue weighted by Gasteiger charge is -2.26. The number of aliphatic hydroxyl groups is 1. The Morgan fingerprint density at radius 3 is 1.71 bits per heavy atom. The van der Waals surface area contributed by atoms with Gasteiger partial charge in [0.05, 0.1) is 12.1 Å². The van der Waals surface area contributed by atoms with Crippen LogP contribution in [0.25, 0.3) is 0 Å². The van der Waals surface area contributed by atoms with Crippen molar-refractivity contribution in [1.82, 2.24) is 16.0 Å². The maximum atomic E-state index is 13.5. The van der Waals surface area contributed by atoms with Crippen molar-refractivity contribution >= 4 is 29.7 Å². The first-order valence-electron chi connectivity index (χ1n) is 13.2. The van der Waals surface area contributed by atoms with Crippen LogP contribution in [0.4, 0.5) is 0 Å². The third-order valence-corrected chi connectivity index (χ3v) is 6.18. The summed E-state index contributed by atoms with van der Waals surface area (Å²) in [6.07, 6.45) is -0.555. The van der Waals surface area contributed by atoms with E-state index in [1.807, 2.05) is 6.07 Å². The highest BCUT2D eigenvalue weighted by molar-refractivity contribution is 5.94. The molecule has 222 valence electrons. The van der Waals surface area contributed by atoms with Crippen LogP contribution in [-0.2, 0) is 32.0 Å². The highest BCUT2D eigenvalue weighted by Gasteiger charge is 2.32. The molecule has 11 N–H and O–H groups in total. The number of rotatable bonds is 16. The molecule has 3 amide bonds. The number of aliphatic imine (C=N–C) groups is 1. The first-order valence-corrected chi connectivity index (χ1v) is 13.2. The van der Waals surface area contributed by atoms with Gasteiger partial charge in [-0.25, -0.2) is 4.79 Å². The lowest BCUT2D eigenvalue weighted by Crippen LogP contribution is -2.59. The van der Waals surface area contributed by atoms with Gasteiger partial charge in [0, 0.05) is 19.4 Å². The molecule has 0 radical (unpaired) electrons. The average Bonchev–Trinajstić information content (AvgIpc) is 2.93. The smallest absolute Gasteiger partial charge is 0.328 e. The van der Waals surface area contributed by atoms with Crippen LogP contribution >= 0.6 is 0 Å². The molecule has 5 unspecified atom stereocenters. The van der Waals surface area contributed by atoms with E-state index in [9.17, 15) is 29.4 Å². The van der Waals surface area contributed by atoms with Crippen molar-refractivity contribution in [3.05, 3.63) is 71.8 Å². The van der Waals surface area contributed by atoms with Crippen molar-refractivity contribution < 1.29 is 29.4 Å². The van der Waals surface area contributed by atoms with Crippen molar-refractivity contribution in [2.24, 2.45) is 22.2 Å². The standard InChI is InChI=1S/C28H39N7O6/c1-17(36)23(27(40)41)35-26(39)22(16-19-11-6-3-7-12-19)34-25(38)21(15-18-9-4-2-5-10-18)33-24(37)20(29)13-8-14-32-28(30)31/h2-7,9-12,17,20-23,36H,8,13-16,29H2,1H3,(H,33,37)(H,34,38)(H,35,39)(H,40,41)(H4,30,31,32). The number of carboxylic acid groups (broad SMARTS) is 1. The Bertz CT molecular complexity index is 1170. The van der Waals surface area contributed by atoms with Gasteiger partial charge < -0.3 is 43.4 Å². The van der Waals surface area contributed by atoms with Crippen LogP contribution in [0, 0.1) is 0 Å². The molecule has 0 bridgehead atoms. The molecule has 0 saturated carbocycles. The Morgan fingerprint density at radius 1 is 0.805 bits per heavy atom. The molecule has 41 heavy (non-hydrogen) atoms. The number of carbonyl (C=O) groups is 4. The van der Waals surface area contributed by atoms with Gasteiger partial charge in [0.1, 0.15) is 12.1 Å². The summed E-state index contributed by atoms with van der Waals surface area (Å²) in [7, 11) is 0. The highest BCUT2D eigenvalue weighted by atomic mass is 16.4. The molecule has 0 saturated heterocycles. The summed E-state index contributed by atoms with van der Waals surface area (Å²) in [4.78, 5) is 55.0. The van der Waals surface area contributed by atoms with E-state index in [2.05, 4.69) is 20.9 Å². The van der Waals surface area contributed by atoms with E-state index in [0.29, 0.717) is 12.0 Å². The second-order valence-corrected chi connectivity index (χ2v) is 9.62. The number of amides is 3. The van der Waals surface area contributed by atoms with Crippen LogP contribution in [0.15, 0.2) is 65.7 Å². The summed E-state index contributed by atoms with van der Waals surface area (Å²) >= 11 is 0. The zero-order valence-corrected chi connectivity index (χ0v) is 22.9. The summed E-state index contributed by atoms with van der Waals surface area (Å²) in [6, 6.07) is 12.9. The second kappa shape index (κ2) is 16.6. The van der Waals surface area contributed by atoms with Crippen molar-refractivity contribution in [1.29, 1.82) is 0 Å². The minimum atomic E-state index is -1.59. The summed E-state index contributed by atoms with van der Waals surface area (Å²) in [6.45, 7) is 1.52. The Morgan fingerprint density at radius 2 is 1.27 bits per heavy atom. The van der Waals surface area contributed by atoms with E-state index in [4.69, 9.17) is 17.2 Å². The minimum Gasteiger partial charge on any atom is -0.480 e. The number of nitrogens with two attached hydrogens (primary N) is 3. The molecule has 0 aliphatic rings. The molecule has 0 aliphatic heterocycles. The number of aliphatic hydroxyl groups excluding tert-OH is 1. The average molecular weight is 570 g/mol. The lowest BCUT2D eigenvalue weighted by molar-refractivity contribution is -0.145. The zero-order valence-electron chi connectivity index (χ0n) is 22.9. The molecule has 5 atom stereocenters. The maximum Gasteiger partial charge on any atom is 0.328 e. The summed E-state index contributed by atoms with van der Waals surface area (Å²) in [5.41, 5.74) is 18.1. The minimum absolute atomic E-state index is 0.0286. The maximum absolute atomic E-state index is 13.5. The SMILES string of the molecule is CC(O)C(NC(=O)C(Cc1ccccc1)NC(=O)C(Cc1ccccc1)NC(=O)C(N)CCCN=C(N)N)C(=O)O. The van der Waals surface area contributed by atoms with E-state index < -0.39 is 54.0 Å². The molecular weight excluding hydrogens is 530 g/mol. The Kier molecular flexibility index (Phi) is 13.2. The lowest BCUT2D eigenvalue weighted by atomic mass is 10.0. The van der Waals surface area contributed by atoms with Gasteiger partial charge in [-0.1, -0.05) is 60.7 Å². The van der Waals surface area contributed by atoms with E-state index in [-0.39, 0.29) is 31.8 Å². The predicted molar refractivity (Wildman–Crippen MR) is 153 cm³/mol. The first kappa shape index (κ1) is 32.7. The second-order valence-electron chi connectivity index (χ2n) is 9.62. The van der Waals surface area contributed by atoms with Crippen LogP contribution < -0.4 is 33.2 Å². The van der Waals surface area contributed by atoms with Crippen molar-refractivity contribution in [3.8, 4) is 0 Å². The third-order valence-electron chi connectivity index (χ3n) is 6.18. The monoisotopic (exact) mass is 569 g/mol. The van der Waals surface area contributed by atoms with Crippen molar-refractivity contribution in [3.63, 3.8) is 0 Å². The van der Waals surface area contributed by atoms with Crippen molar-refractivity contribution in [2.45, 2.75) is 62.9 Å². The number of hydrogen-bond donors (Lipinski definition) is 8. The van der Waals surface area contributed by atoms with Crippen LogP contribution in [0.1, 0.15) is 30.9 Å². The molecule has 13 heteroatoms.